The lowest BCUT2D eigenvalue weighted by Crippen LogP contribution is -2.51. The first kappa shape index (κ1) is 22.6. The van der Waals surface area contributed by atoms with E-state index in [0.717, 1.165) is 75.7 Å². The molecule has 0 bridgehead atoms. The van der Waals surface area contributed by atoms with Gasteiger partial charge in [-0.1, -0.05) is 29.8 Å². The highest BCUT2D eigenvalue weighted by atomic mass is 16.6. The van der Waals surface area contributed by atoms with Crippen LogP contribution in [0.1, 0.15) is 77.3 Å². The maximum Gasteiger partial charge on any atom is 0.344 e. The van der Waals surface area contributed by atoms with Crippen molar-refractivity contribution in [2.45, 2.75) is 83.8 Å². The van der Waals surface area contributed by atoms with Crippen molar-refractivity contribution in [2.24, 2.45) is 34.2 Å². The Balaban J connectivity index is 1.34. The lowest BCUT2D eigenvalue weighted by Gasteiger charge is -2.55. The van der Waals surface area contributed by atoms with Crippen LogP contribution in [0.4, 0.5) is 0 Å². The van der Waals surface area contributed by atoms with Crippen LogP contribution >= 0.6 is 0 Å². The molecule has 0 aliphatic heterocycles. The number of aliphatic carboxylic acids is 1. The molecule has 3 unspecified atom stereocenters. The molecule has 1 heterocycles. The van der Waals surface area contributed by atoms with E-state index < -0.39 is 18.2 Å². The van der Waals surface area contributed by atoms with Gasteiger partial charge < -0.3 is 15.1 Å². The zero-order valence-electron chi connectivity index (χ0n) is 19.7. The van der Waals surface area contributed by atoms with Crippen molar-refractivity contribution in [3.63, 3.8) is 0 Å². The van der Waals surface area contributed by atoms with Crippen LogP contribution in [0, 0.1) is 29.1 Å². The molecule has 1 aromatic rings. The molecule has 4 aliphatic rings. The van der Waals surface area contributed by atoms with Crippen molar-refractivity contribution in [1.29, 1.82) is 0 Å². The number of aliphatic hydroxyl groups is 1. The van der Waals surface area contributed by atoms with E-state index in [0.29, 0.717) is 23.7 Å². The molecule has 8 heteroatoms. The Kier molecular flexibility index (Phi) is 5.83. The largest absolute Gasteiger partial charge is 0.479 e. The van der Waals surface area contributed by atoms with Gasteiger partial charge in [0, 0.05) is 12.0 Å². The highest BCUT2D eigenvalue weighted by Gasteiger charge is 2.63. The molecule has 1 aromatic heterocycles. The number of rotatable bonds is 6. The SMILES string of the molecule is CCCn1cc([C@]2(O)CCC3C4CCC5=C/C(=N\OCC(=O)O)CC[C@@H]5C4CC[C@@]32C)nn1. The molecule has 3 fully saturated rings. The molecule has 6 atom stereocenters. The molecule has 180 valence electrons. The fraction of sp³-hybridized carbons (Fsp3) is 0.760. The fourth-order valence-corrected chi connectivity index (χ4v) is 7.70. The van der Waals surface area contributed by atoms with Gasteiger partial charge in [-0.25, -0.2) is 4.79 Å². The quantitative estimate of drug-likeness (QED) is 0.628. The number of hydrogen-bond donors (Lipinski definition) is 2. The predicted octanol–water partition coefficient (Wildman–Crippen LogP) is 3.91. The summed E-state index contributed by atoms with van der Waals surface area (Å²) < 4.78 is 1.87. The van der Waals surface area contributed by atoms with E-state index in [4.69, 9.17) is 9.94 Å². The summed E-state index contributed by atoms with van der Waals surface area (Å²) in [6.07, 6.45) is 13.2. The zero-order valence-corrected chi connectivity index (χ0v) is 19.7. The summed E-state index contributed by atoms with van der Waals surface area (Å²) in [4.78, 5) is 15.7. The monoisotopic (exact) mass is 456 g/mol. The molecular weight excluding hydrogens is 420 g/mol. The number of carboxylic acids is 1. The molecule has 0 amide bonds. The third-order valence-corrected chi connectivity index (χ3v) is 9.25. The third-order valence-electron chi connectivity index (χ3n) is 9.25. The number of oxime groups is 1. The van der Waals surface area contributed by atoms with E-state index in [-0.39, 0.29) is 5.41 Å². The summed E-state index contributed by atoms with van der Waals surface area (Å²) in [5, 5.41) is 33.5. The molecule has 0 radical (unpaired) electrons. The first-order valence-corrected chi connectivity index (χ1v) is 12.6. The smallest absolute Gasteiger partial charge is 0.344 e. The second-order valence-electron chi connectivity index (χ2n) is 10.8. The molecule has 4 aliphatic carbocycles. The van der Waals surface area contributed by atoms with Gasteiger partial charge in [-0.05, 0) is 87.5 Å². The number of carboxylic acid groups (broad SMARTS) is 1. The highest BCUT2D eigenvalue weighted by Crippen LogP contribution is 2.67. The molecule has 0 spiro atoms. The number of carbonyl (C=O) groups is 1. The van der Waals surface area contributed by atoms with Crippen molar-refractivity contribution in [1.82, 2.24) is 15.0 Å². The Labute approximate surface area is 195 Å². The average molecular weight is 457 g/mol. The average Bonchev–Trinajstić information content (AvgIpc) is 3.37. The van der Waals surface area contributed by atoms with Crippen molar-refractivity contribution in [3.8, 4) is 0 Å². The standard InChI is InChI=1S/C25H36N4O4/c1-3-12-29-14-22(26-28-29)25(32)11-9-21-20-6-4-16-13-17(27-33-15-23(30)31)5-7-18(16)19(20)8-10-24(21,25)2/h13-14,18-21,32H,3-12,15H2,1-2H3,(H,30,31)/b27-17-/t18-,19?,20?,21?,24-,25+/m0/s1. The van der Waals surface area contributed by atoms with Gasteiger partial charge in [0.05, 0.1) is 11.9 Å². The van der Waals surface area contributed by atoms with Crippen molar-refractivity contribution in [2.75, 3.05) is 6.61 Å². The molecule has 0 aromatic carbocycles. The molecule has 33 heavy (non-hydrogen) atoms. The molecule has 3 saturated carbocycles. The van der Waals surface area contributed by atoms with E-state index >= 15 is 0 Å². The predicted molar refractivity (Wildman–Crippen MR) is 122 cm³/mol. The van der Waals surface area contributed by atoms with E-state index in [1.165, 1.54) is 5.57 Å². The first-order valence-electron chi connectivity index (χ1n) is 12.6. The van der Waals surface area contributed by atoms with Crippen LogP contribution < -0.4 is 0 Å². The van der Waals surface area contributed by atoms with Gasteiger partial charge >= 0.3 is 5.97 Å². The van der Waals surface area contributed by atoms with E-state index in [9.17, 15) is 9.90 Å². The number of hydrogen-bond acceptors (Lipinski definition) is 6. The Morgan fingerprint density at radius 2 is 2.09 bits per heavy atom. The second kappa shape index (κ2) is 8.53. The van der Waals surface area contributed by atoms with Gasteiger partial charge in [-0.15, -0.1) is 5.10 Å². The van der Waals surface area contributed by atoms with Crippen LogP contribution in [0.25, 0.3) is 0 Å². The second-order valence-corrected chi connectivity index (χ2v) is 10.8. The number of allylic oxidation sites excluding steroid dienone is 2. The zero-order chi connectivity index (χ0) is 23.2. The Morgan fingerprint density at radius 3 is 2.88 bits per heavy atom. The topological polar surface area (TPSA) is 110 Å². The number of aryl methyl sites for hydroxylation is 1. The third kappa shape index (κ3) is 3.70. The summed E-state index contributed by atoms with van der Waals surface area (Å²) in [5.41, 5.74) is 2.04. The van der Waals surface area contributed by atoms with Crippen LogP contribution in [0.3, 0.4) is 0 Å². The highest BCUT2D eigenvalue weighted by molar-refractivity contribution is 5.96. The van der Waals surface area contributed by atoms with Crippen molar-refractivity contribution >= 4 is 11.7 Å². The Hall–Kier alpha value is -2.22. The van der Waals surface area contributed by atoms with Crippen LogP contribution in [0.15, 0.2) is 23.0 Å². The maximum atomic E-state index is 12.0. The number of fused-ring (bicyclic) bond motifs is 5. The summed E-state index contributed by atoms with van der Waals surface area (Å²) in [6, 6.07) is 0. The summed E-state index contributed by atoms with van der Waals surface area (Å²) in [5.74, 6) is 1.37. The van der Waals surface area contributed by atoms with Gasteiger partial charge in [0.2, 0.25) is 6.61 Å². The lowest BCUT2D eigenvalue weighted by molar-refractivity contribution is -0.142. The van der Waals surface area contributed by atoms with E-state index in [2.05, 4.69) is 35.4 Å². The van der Waals surface area contributed by atoms with Crippen molar-refractivity contribution < 1.29 is 19.8 Å². The van der Waals surface area contributed by atoms with Gasteiger partial charge in [0.15, 0.2) is 0 Å². The van der Waals surface area contributed by atoms with Gasteiger partial charge in [0.1, 0.15) is 11.3 Å². The number of nitrogens with zero attached hydrogens (tertiary/aromatic N) is 4. The van der Waals surface area contributed by atoms with E-state index in [1.807, 2.05) is 10.9 Å². The van der Waals surface area contributed by atoms with Gasteiger partial charge in [0.25, 0.3) is 0 Å². The van der Waals surface area contributed by atoms with Crippen LogP contribution in [-0.4, -0.2) is 43.5 Å². The number of aromatic nitrogens is 3. The Morgan fingerprint density at radius 1 is 1.24 bits per heavy atom. The lowest BCUT2D eigenvalue weighted by atomic mass is 9.50. The normalized spacial score (nSPS) is 38.9. The first-order chi connectivity index (χ1) is 15.9. The molecule has 0 saturated heterocycles. The minimum absolute atomic E-state index is 0.158. The van der Waals surface area contributed by atoms with Gasteiger partial charge in [-0.2, -0.15) is 0 Å². The van der Waals surface area contributed by atoms with Crippen LogP contribution in [0.2, 0.25) is 0 Å². The Bertz CT molecular complexity index is 971. The van der Waals surface area contributed by atoms with Gasteiger partial charge in [-0.3, -0.25) is 4.68 Å². The molecule has 5 rings (SSSR count). The minimum atomic E-state index is -1.00. The minimum Gasteiger partial charge on any atom is -0.479 e. The van der Waals surface area contributed by atoms with E-state index in [1.54, 1.807) is 0 Å². The summed E-state index contributed by atoms with van der Waals surface area (Å²) >= 11 is 0. The molecule has 8 nitrogen and oxygen atoms in total. The van der Waals surface area contributed by atoms with Crippen LogP contribution in [0.5, 0.6) is 0 Å². The maximum absolute atomic E-state index is 12.0. The summed E-state index contributed by atoms with van der Waals surface area (Å²) in [6.45, 7) is 4.86. The fourth-order valence-electron chi connectivity index (χ4n) is 7.70. The molecular formula is C25H36N4O4. The van der Waals surface area contributed by atoms with Crippen LogP contribution in [-0.2, 0) is 21.8 Å². The molecule has 2 N–H and O–H groups in total. The summed E-state index contributed by atoms with van der Waals surface area (Å²) in [7, 11) is 0. The van der Waals surface area contributed by atoms with Crippen molar-refractivity contribution in [3.05, 3.63) is 23.5 Å².